The number of hydrogen-bond acceptors (Lipinski definition) is 1. The fourth-order valence-electron chi connectivity index (χ4n) is 1.71. The Labute approximate surface area is 83.9 Å². The molecule has 0 saturated heterocycles. The highest BCUT2D eigenvalue weighted by Crippen LogP contribution is 2.37. The summed E-state index contributed by atoms with van der Waals surface area (Å²) in [6.07, 6.45) is 0.778. The molecular weight excluding hydrogens is 179 g/mol. The Morgan fingerprint density at radius 1 is 1.36 bits per heavy atom. The van der Waals surface area contributed by atoms with Crippen LogP contribution in [0.3, 0.4) is 0 Å². The van der Waals surface area contributed by atoms with E-state index in [1.807, 2.05) is 6.07 Å². The van der Waals surface area contributed by atoms with Crippen LogP contribution in [0.4, 0.5) is 4.39 Å². The van der Waals surface area contributed by atoms with E-state index in [4.69, 9.17) is 4.74 Å². The third-order valence-corrected chi connectivity index (χ3v) is 2.70. The highest BCUT2D eigenvalue weighted by atomic mass is 19.1. The molecule has 14 heavy (non-hydrogen) atoms. The molecule has 1 aromatic carbocycles. The van der Waals surface area contributed by atoms with Crippen molar-refractivity contribution in [3.05, 3.63) is 29.6 Å². The van der Waals surface area contributed by atoms with Gasteiger partial charge in [0.1, 0.15) is 17.7 Å². The summed E-state index contributed by atoms with van der Waals surface area (Å²) in [5.74, 6) is 0.569. The molecule has 1 aliphatic heterocycles. The molecule has 2 heteroatoms. The van der Waals surface area contributed by atoms with Gasteiger partial charge in [0.2, 0.25) is 0 Å². The first-order chi connectivity index (χ1) is 6.48. The quantitative estimate of drug-likeness (QED) is 0.616. The maximum absolute atomic E-state index is 13.4. The molecule has 76 valence electrons. The van der Waals surface area contributed by atoms with E-state index in [0.717, 1.165) is 5.56 Å². The second-order valence-electron chi connectivity index (χ2n) is 4.89. The van der Waals surface area contributed by atoms with Crippen LogP contribution in [-0.2, 0) is 6.42 Å². The molecule has 1 nitrogen and oxygen atoms in total. The van der Waals surface area contributed by atoms with Crippen molar-refractivity contribution in [1.82, 2.24) is 0 Å². The zero-order chi connectivity index (χ0) is 10.3. The summed E-state index contributed by atoms with van der Waals surface area (Å²) in [7, 11) is 0. The molecule has 0 amide bonds. The lowest BCUT2D eigenvalue weighted by molar-refractivity contribution is 0.109. The Balaban J connectivity index is 2.31. The Morgan fingerprint density at radius 3 is 2.64 bits per heavy atom. The van der Waals surface area contributed by atoms with Gasteiger partial charge in [-0.25, -0.2) is 4.39 Å². The number of benzene rings is 1. The monoisotopic (exact) mass is 194 g/mol. The Bertz CT molecular complexity index is 352. The average molecular weight is 194 g/mol. The van der Waals surface area contributed by atoms with Crippen LogP contribution >= 0.6 is 0 Å². The van der Waals surface area contributed by atoms with Crippen LogP contribution in [-0.4, -0.2) is 6.10 Å². The maximum atomic E-state index is 13.4. The van der Waals surface area contributed by atoms with Gasteiger partial charge in [0.25, 0.3) is 0 Å². The Morgan fingerprint density at radius 2 is 2.07 bits per heavy atom. The van der Waals surface area contributed by atoms with Gasteiger partial charge in [-0.1, -0.05) is 26.8 Å². The number of fused-ring (bicyclic) bond motifs is 1. The summed E-state index contributed by atoms with van der Waals surface area (Å²) < 4.78 is 19.1. The highest BCUT2D eigenvalue weighted by molar-refractivity contribution is 5.38. The molecule has 1 atom stereocenters. The van der Waals surface area contributed by atoms with E-state index in [2.05, 4.69) is 20.8 Å². The van der Waals surface area contributed by atoms with Crippen LogP contribution in [0.2, 0.25) is 0 Å². The molecule has 0 aromatic heterocycles. The van der Waals surface area contributed by atoms with Crippen LogP contribution in [0.15, 0.2) is 18.2 Å². The summed E-state index contributed by atoms with van der Waals surface area (Å²) in [6.45, 7) is 6.34. The predicted octanol–water partition coefficient (Wildman–Crippen LogP) is 3.18. The third kappa shape index (κ3) is 1.49. The predicted molar refractivity (Wildman–Crippen MR) is 54.0 cm³/mol. The van der Waals surface area contributed by atoms with Crippen molar-refractivity contribution in [3.8, 4) is 5.75 Å². The summed E-state index contributed by atoms with van der Waals surface area (Å²) >= 11 is 0. The number of rotatable bonds is 0. The summed E-state index contributed by atoms with van der Waals surface area (Å²) in [6, 6.07) is 5.02. The molecule has 0 fully saturated rings. The first-order valence-electron chi connectivity index (χ1n) is 4.92. The SMILES string of the molecule is CC(C)(C)C1Cc2c(F)cccc2O1. The third-order valence-electron chi connectivity index (χ3n) is 2.70. The topological polar surface area (TPSA) is 9.23 Å². The molecule has 0 radical (unpaired) electrons. The van der Waals surface area contributed by atoms with Crippen molar-refractivity contribution >= 4 is 0 Å². The van der Waals surface area contributed by atoms with Crippen molar-refractivity contribution in [2.45, 2.75) is 33.3 Å². The normalized spacial score (nSPS) is 20.4. The van der Waals surface area contributed by atoms with E-state index in [1.54, 1.807) is 6.07 Å². The lowest BCUT2D eigenvalue weighted by atomic mass is 9.86. The molecule has 2 rings (SSSR count). The lowest BCUT2D eigenvalue weighted by Crippen LogP contribution is -2.30. The Hall–Kier alpha value is -1.05. The van der Waals surface area contributed by atoms with Crippen LogP contribution < -0.4 is 4.74 Å². The molecule has 0 N–H and O–H groups in total. The van der Waals surface area contributed by atoms with Gasteiger partial charge >= 0.3 is 0 Å². The Kier molecular flexibility index (Phi) is 2.02. The van der Waals surface area contributed by atoms with Gasteiger partial charge in [-0.05, 0) is 17.5 Å². The summed E-state index contributed by atoms with van der Waals surface area (Å²) in [5, 5.41) is 0. The van der Waals surface area contributed by atoms with Crippen molar-refractivity contribution in [1.29, 1.82) is 0 Å². The standard InChI is InChI=1S/C12H15FO/c1-12(2,3)11-7-8-9(13)5-4-6-10(8)14-11/h4-6,11H,7H2,1-3H3. The molecule has 1 heterocycles. The minimum atomic E-state index is -0.144. The van der Waals surface area contributed by atoms with E-state index < -0.39 is 0 Å². The lowest BCUT2D eigenvalue weighted by Gasteiger charge is -2.25. The average Bonchev–Trinajstić information content (AvgIpc) is 2.48. The molecule has 0 saturated carbocycles. The van der Waals surface area contributed by atoms with Crippen molar-refractivity contribution in [3.63, 3.8) is 0 Å². The van der Waals surface area contributed by atoms with Gasteiger partial charge in [-0.2, -0.15) is 0 Å². The van der Waals surface area contributed by atoms with Gasteiger partial charge in [-0.15, -0.1) is 0 Å². The largest absolute Gasteiger partial charge is 0.489 e. The van der Waals surface area contributed by atoms with Gasteiger partial charge in [0, 0.05) is 12.0 Å². The number of ether oxygens (including phenoxy) is 1. The van der Waals surface area contributed by atoms with E-state index >= 15 is 0 Å². The second-order valence-corrected chi connectivity index (χ2v) is 4.89. The molecule has 0 bridgehead atoms. The van der Waals surface area contributed by atoms with Gasteiger partial charge in [0.15, 0.2) is 0 Å². The van der Waals surface area contributed by atoms with Crippen molar-refractivity contribution < 1.29 is 9.13 Å². The van der Waals surface area contributed by atoms with Gasteiger partial charge in [-0.3, -0.25) is 0 Å². The molecule has 1 unspecified atom stereocenters. The van der Waals surface area contributed by atoms with Crippen LogP contribution in [0.25, 0.3) is 0 Å². The smallest absolute Gasteiger partial charge is 0.130 e. The van der Waals surface area contributed by atoms with Crippen LogP contribution in [0, 0.1) is 11.2 Å². The number of hydrogen-bond donors (Lipinski definition) is 0. The fourth-order valence-corrected chi connectivity index (χ4v) is 1.71. The van der Waals surface area contributed by atoms with Crippen molar-refractivity contribution in [2.75, 3.05) is 0 Å². The van der Waals surface area contributed by atoms with Gasteiger partial charge in [0.05, 0.1) is 0 Å². The first-order valence-corrected chi connectivity index (χ1v) is 4.92. The molecular formula is C12H15FO. The summed E-state index contributed by atoms with van der Waals surface area (Å²) in [4.78, 5) is 0. The van der Waals surface area contributed by atoms with Crippen LogP contribution in [0.1, 0.15) is 26.3 Å². The zero-order valence-corrected chi connectivity index (χ0v) is 8.80. The van der Waals surface area contributed by atoms with Crippen LogP contribution in [0.5, 0.6) is 5.75 Å². The molecule has 0 spiro atoms. The van der Waals surface area contributed by atoms with E-state index in [-0.39, 0.29) is 17.3 Å². The molecule has 1 aromatic rings. The summed E-state index contributed by atoms with van der Waals surface area (Å²) in [5.41, 5.74) is 0.790. The second kappa shape index (κ2) is 2.97. The number of halogens is 1. The van der Waals surface area contributed by atoms with Gasteiger partial charge < -0.3 is 4.74 Å². The molecule has 0 aliphatic carbocycles. The molecule has 1 aliphatic rings. The minimum absolute atomic E-state index is 0.0610. The minimum Gasteiger partial charge on any atom is -0.489 e. The zero-order valence-electron chi connectivity index (χ0n) is 8.80. The van der Waals surface area contributed by atoms with Crippen molar-refractivity contribution in [2.24, 2.45) is 5.41 Å². The van der Waals surface area contributed by atoms with E-state index in [9.17, 15) is 4.39 Å². The fraction of sp³-hybridized carbons (Fsp3) is 0.500. The maximum Gasteiger partial charge on any atom is 0.130 e. The van der Waals surface area contributed by atoms with E-state index in [1.165, 1.54) is 6.07 Å². The first kappa shape index (κ1) is 9.50. The highest BCUT2D eigenvalue weighted by Gasteiger charge is 2.34. The van der Waals surface area contributed by atoms with E-state index in [0.29, 0.717) is 12.2 Å².